The van der Waals surface area contributed by atoms with Crippen LogP contribution in [0.5, 0.6) is 0 Å². The highest BCUT2D eigenvalue weighted by atomic mass is 35.5. The second kappa shape index (κ2) is 8.07. The SMILES string of the molecule is O=C(c1cc(Cl)nc(Cl)c1)N1CCN(C2CCN(c3ccccc3)C2=O)CC1. The number of para-hydroxylation sites is 1. The predicted molar refractivity (Wildman–Crippen MR) is 109 cm³/mol. The molecule has 2 saturated heterocycles. The molecule has 0 N–H and O–H groups in total. The molecule has 2 aliphatic rings. The highest BCUT2D eigenvalue weighted by Gasteiger charge is 2.38. The van der Waals surface area contributed by atoms with Crippen LogP contribution in [0.3, 0.4) is 0 Å². The van der Waals surface area contributed by atoms with Crippen LogP contribution in [-0.2, 0) is 4.79 Å². The van der Waals surface area contributed by atoms with E-state index in [1.165, 1.54) is 12.1 Å². The molecular weight excluding hydrogens is 399 g/mol. The van der Waals surface area contributed by atoms with E-state index in [1.807, 2.05) is 35.2 Å². The van der Waals surface area contributed by atoms with Crippen LogP contribution in [0.4, 0.5) is 5.69 Å². The number of halogens is 2. The quantitative estimate of drug-likeness (QED) is 0.718. The average molecular weight is 419 g/mol. The van der Waals surface area contributed by atoms with Gasteiger partial charge in [0.25, 0.3) is 5.91 Å². The third kappa shape index (κ3) is 3.85. The zero-order valence-corrected chi connectivity index (χ0v) is 16.7. The lowest BCUT2D eigenvalue weighted by atomic mass is 10.1. The van der Waals surface area contributed by atoms with E-state index in [1.54, 1.807) is 4.90 Å². The normalized spacial score (nSPS) is 20.6. The molecule has 1 atom stereocenters. The number of carbonyl (C=O) groups excluding carboxylic acids is 2. The van der Waals surface area contributed by atoms with Gasteiger partial charge in [0, 0.05) is 44.0 Å². The molecule has 28 heavy (non-hydrogen) atoms. The van der Waals surface area contributed by atoms with Crippen LogP contribution >= 0.6 is 23.2 Å². The van der Waals surface area contributed by atoms with Gasteiger partial charge in [0.15, 0.2) is 0 Å². The first-order valence-electron chi connectivity index (χ1n) is 9.26. The monoisotopic (exact) mass is 418 g/mol. The fourth-order valence-electron chi connectivity index (χ4n) is 3.88. The lowest BCUT2D eigenvalue weighted by Crippen LogP contribution is -2.53. The molecule has 2 aromatic rings. The lowest BCUT2D eigenvalue weighted by Gasteiger charge is -2.37. The Bertz CT molecular complexity index is 865. The summed E-state index contributed by atoms with van der Waals surface area (Å²) in [5, 5.41) is 0.402. The van der Waals surface area contributed by atoms with Crippen molar-refractivity contribution in [3.05, 3.63) is 58.3 Å². The van der Waals surface area contributed by atoms with Crippen LogP contribution in [0.15, 0.2) is 42.5 Å². The number of rotatable bonds is 3. The molecule has 1 aromatic heterocycles. The third-order valence-corrected chi connectivity index (χ3v) is 5.68. The largest absolute Gasteiger partial charge is 0.336 e. The van der Waals surface area contributed by atoms with E-state index < -0.39 is 0 Å². The zero-order chi connectivity index (χ0) is 19.7. The molecule has 8 heteroatoms. The molecular formula is C20H20Cl2N4O2. The Hall–Kier alpha value is -2.15. The highest BCUT2D eigenvalue weighted by Crippen LogP contribution is 2.25. The van der Waals surface area contributed by atoms with E-state index in [4.69, 9.17) is 23.2 Å². The molecule has 146 valence electrons. The highest BCUT2D eigenvalue weighted by molar-refractivity contribution is 6.33. The summed E-state index contributed by atoms with van der Waals surface area (Å²) in [7, 11) is 0. The number of benzene rings is 1. The third-order valence-electron chi connectivity index (χ3n) is 5.30. The van der Waals surface area contributed by atoms with Crippen molar-refractivity contribution < 1.29 is 9.59 Å². The van der Waals surface area contributed by atoms with E-state index in [0.29, 0.717) is 31.7 Å². The molecule has 0 saturated carbocycles. The smallest absolute Gasteiger partial charge is 0.254 e. The van der Waals surface area contributed by atoms with Crippen LogP contribution in [0, 0.1) is 0 Å². The average Bonchev–Trinajstić information content (AvgIpc) is 3.09. The standard InChI is InChI=1S/C20H20Cl2N4O2/c21-17-12-14(13-18(22)23-17)19(27)25-10-8-24(9-11-25)16-6-7-26(20(16)28)15-4-2-1-3-5-15/h1-5,12-13,16H,6-11H2. The van der Waals surface area contributed by atoms with Gasteiger partial charge < -0.3 is 9.80 Å². The van der Waals surface area contributed by atoms with Gasteiger partial charge in [-0.05, 0) is 30.7 Å². The number of aromatic nitrogens is 1. The van der Waals surface area contributed by atoms with Gasteiger partial charge in [0.1, 0.15) is 10.3 Å². The second-order valence-corrected chi connectivity index (χ2v) is 7.73. The second-order valence-electron chi connectivity index (χ2n) is 6.96. The molecule has 2 fully saturated rings. The van der Waals surface area contributed by atoms with Crippen LogP contribution in [0.2, 0.25) is 10.3 Å². The van der Waals surface area contributed by atoms with Crippen molar-refractivity contribution in [1.29, 1.82) is 0 Å². The Balaban J connectivity index is 1.38. The first-order chi connectivity index (χ1) is 13.5. The van der Waals surface area contributed by atoms with Crippen molar-refractivity contribution in [2.45, 2.75) is 12.5 Å². The summed E-state index contributed by atoms with van der Waals surface area (Å²) in [5.74, 6) is 0.0215. The van der Waals surface area contributed by atoms with Gasteiger partial charge in [-0.15, -0.1) is 0 Å². The Morgan fingerprint density at radius 2 is 1.61 bits per heavy atom. The maximum absolute atomic E-state index is 12.9. The van der Waals surface area contributed by atoms with Crippen molar-refractivity contribution in [2.24, 2.45) is 0 Å². The Morgan fingerprint density at radius 1 is 0.964 bits per heavy atom. The first-order valence-corrected chi connectivity index (χ1v) is 10.0. The fraction of sp³-hybridized carbons (Fsp3) is 0.350. The molecule has 3 heterocycles. The number of piperazine rings is 1. The summed E-state index contributed by atoms with van der Waals surface area (Å²) >= 11 is 11.8. The molecule has 6 nitrogen and oxygen atoms in total. The molecule has 0 radical (unpaired) electrons. The van der Waals surface area contributed by atoms with E-state index >= 15 is 0 Å². The molecule has 1 aromatic carbocycles. The number of anilines is 1. The molecule has 2 amide bonds. The van der Waals surface area contributed by atoms with Crippen LogP contribution in [0.1, 0.15) is 16.8 Å². The van der Waals surface area contributed by atoms with Gasteiger partial charge in [-0.3, -0.25) is 14.5 Å². The summed E-state index contributed by atoms with van der Waals surface area (Å²) in [6.07, 6.45) is 0.803. The molecule has 4 rings (SSSR count). The van der Waals surface area contributed by atoms with E-state index in [9.17, 15) is 9.59 Å². The predicted octanol–water partition coefficient (Wildman–Crippen LogP) is 2.95. The number of pyridine rings is 1. The number of amides is 2. The van der Waals surface area contributed by atoms with Crippen molar-refractivity contribution >= 4 is 40.7 Å². The van der Waals surface area contributed by atoms with Gasteiger partial charge in [-0.2, -0.15) is 0 Å². The Morgan fingerprint density at radius 3 is 2.25 bits per heavy atom. The maximum atomic E-state index is 12.9. The van der Waals surface area contributed by atoms with Gasteiger partial charge in [-0.25, -0.2) is 4.98 Å². The Labute approximate surface area is 173 Å². The summed E-state index contributed by atoms with van der Waals surface area (Å²) < 4.78 is 0. The number of hydrogen-bond donors (Lipinski definition) is 0. The topological polar surface area (TPSA) is 56.8 Å². The molecule has 0 bridgehead atoms. The van der Waals surface area contributed by atoms with E-state index in [-0.39, 0.29) is 28.2 Å². The summed E-state index contributed by atoms with van der Waals surface area (Å²) in [6, 6.07) is 12.7. The van der Waals surface area contributed by atoms with Crippen LogP contribution in [0.25, 0.3) is 0 Å². The molecule has 2 aliphatic heterocycles. The van der Waals surface area contributed by atoms with Crippen molar-refractivity contribution in [1.82, 2.24) is 14.8 Å². The minimum absolute atomic E-state index is 0.116. The van der Waals surface area contributed by atoms with Gasteiger partial charge >= 0.3 is 0 Å². The number of hydrogen-bond acceptors (Lipinski definition) is 4. The van der Waals surface area contributed by atoms with E-state index in [0.717, 1.165) is 18.7 Å². The summed E-state index contributed by atoms with van der Waals surface area (Å²) in [5.41, 5.74) is 1.38. The van der Waals surface area contributed by atoms with Gasteiger partial charge in [0.05, 0.1) is 6.04 Å². The van der Waals surface area contributed by atoms with Crippen molar-refractivity contribution in [3.63, 3.8) is 0 Å². The zero-order valence-electron chi connectivity index (χ0n) is 15.2. The van der Waals surface area contributed by atoms with Crippen molar-refractivity contribution in [3.8, 4) is 0 Å². The van der Waals surface area contributed by atoms with Crippen LogP contribution < -0.4 is 4.90 Å². The Kier molecular flexibility index (Phi) is 5.53. The molecule has 1 unspecified atom stereocenters. The van der Waals surface area contributed by atoms with Gasteiger partial charge in [-0.1, -0.05) is 41.4 Å². The lowest BCUT2D eigenvalue weighted by molar-refractivity contribution is -0.122. The summed E-state index contributed by atoms with van der Waals surface area (Å²) in [4.78, 5) is 35.3. The minimum Gasteiger partial charge on any atom is -0.336 e. The number of carbonyl (C=O) groups is 2. The fourth-order valence-corrected chi connectivity index (χ4v) is 4.34. The van der Waals surface area contributed by atoms with Crippen LogP contribution in [-0.4, -0.2) is 65.4 Å². The van der Waals surface area contributed by atoms with Crippen molar-refractivity contribution in [2.75, 3.05) is 37.6 Å². The molecule has 0 aliphatic carbocycles. The van der Waals surface area contributed by atoms with Gasteiger partial charge in [0.2, 0.25) is 5.91 Å². The summed E-state index contributed by atoms with van der Waals surface area (Å²) in [6.45, 7) is 3.17. The molecule has 0 spiro atoms. The maximum Gasteiger partial charge on any atom is 0.254 e. The number of nitrogens with zero attached hydrogens (tertiary/aromatic N) is 4. The first kappa shape index (κ1) is 19.2. The minimum atomic E-state index is -0.123. The van der Waals surface area contributed by atoms with E-state index in [2.05, 4.69) is 9.88 Å².